The minimum absolute atomic E-state index is 0.0371. The highest BCUT2D eigenvalue weighted by Crippen LogP contribution is 2.23. The van der Waals surface area contributed by atoms with Gasteiger partial charge in [0.25, 0.3) is 0 Å². The van der Waals surface area contributed by atoms with Crippen molar-refractivity contribution in [2.75, 3.05) is 13.1 Å². The van der Waals surface area contributed by atoms with Crippen molar-refractivity contribution in [1.29, 1.82) is 0 Å². The van der Waals surface area contributed by atoms with Gasteiger partial charge in [0, 0.05) is 48.4 Å². The number of carboxylic acids is 1. The summed E-state index contributed by atoms with van der Waals surface area (Å²) >= 11 is 0. The molecule has 2 saturated heterocycles. The number of hydrogen-bond acceptors (Lipinski definition) is 6. The summed E-state index contributed by atoms with van der Waals surface area (Å²) in [5.41, 5.74) is 2.39. The van der Waals surface area contributed by atoms with Gasteiger partial charge in [-0.2, -0.15) is 0 Å². The van der Waals surface area contributed by atoms with Gasteiger partial charge in [-0.3, -0.25) is 14.4 Å². The van der Waals surface area contributed by atoms with E-state index in [1.165, 1.54) is 17.4 Å². The first kappa shape index (κ1) is 26.4. The second-order valence-corrected chi connectivity index (χ2v) is 10.1. The van der Waals surface area contributed by atoms with Crippen LogP contribution in [0, 0.1) is 0 Å². The zero-order valence-electron chi connectivity index (χ0n) is 21.5. The van der Waals surface area contributed by atoms with Crippen LogP contribution in [0.15, 0.2) is 43.0 Å². The molecule has 0 saturated carbocycles. The lowest BCUT2D eigenvalue weighted by Gasteiger charge is -2.30. The molecule has 2 fully saturated rings. The lowest BCUT2D eigenvalue weighted by molar-refractivity contribution is -0.145. The Bertz CT molecular complexity index is 1330. The maximum Gasteiger partial charge on any atom is 0.326 e. The molecule has 4 atom stereocenters. The molecule has 3 aromatic rings. The zero-order chi connectivity index (χ0) is 27.4. The van der Waals surface area contributed by atoms with Crippen LogP contribution in [0.5, 0.6) is 0 Å². The Labute approximate surface area is 224 Å². The molecule has 12 nitrogen and oxygen atoms in total. The Balaban J connectivity index is 1.34. The Morgan fingerprint density at radius 2 is 1.85 bits per heavy atom. The molecule has 1 aromatic carbocycles. The van der Waals surface area contributed by atoms with E-state index in [2.05, 4.69) is 30.9 Å². The summed E-state index contributed by atoms with van der Waals surface area (Å²) in [5.74, 6) is -2.30. The minimum Gasteiger partial charge on any atom is -0.480 e. The van der Waals surface area contributed by atoms with Gasteiger partial charge < -0.3 is 35.9 Å². The van der Waals surface area contributed by atoms with Crippen LogP contribution in [0.3, 0.4) is 0 Å². The fraction of sp³-hybridized carbons (Fsp3) is 0.444. The first-order valence-corrected chi connectivity index (χ1v) is 13.3. The van der Waals surface area contributed by atoms with E-state index in [0.29, 0.717) is 31.5 Å². The quantitative estimate of drug-likeness (QED) is 0.219. The number of aliphatic carboxylic acids is 1. The number of imidazole rings is 1. The van der Waals surface area contributed by atoms with Crippen molar-refractivity contribution >= 4 is 34.6 Å². The number of para-hydroxylation sites is 1. The number of carbonyl (C=O) groups is 4. The van der Waals surface area contributed by atoms with Crippen molar-refractivity contribution in [3.63, 3.8) is 0 Å². The Hall–Kier alpha value is -4.19. The van der Waals surface area contributed by atoms with E-state index in [9.17, 15) is 24.3 Å². The van der Waals surface area contributed by atoms with Gasteiger partial charge in [0.1, 0.15) is 18.1 Å². The number of H-pyrrole nitrogens is 2. The fourth-order valence-electron chi connectivity index (χ4n) is 5.49. The van der Waals surface area contributed by atoms with E-state index in [4.69, 9.17) is 0 Å². The Morgan fingerprint density at radius 3 is 2.59 bits per heavy atom. The fourth-order valence-corrected chi connectivity index (χ4v) is 5.49. The Morgan fingerprint density at radius 1 is 1.03 bits per heavy atom. The van der Waals surface area contributed by atoms with E-state index >= 15 is 0 Å². The molecule has 0 bridgehead atoms. The van der Waals surface area contributed by atoms with Crippen LogP contribution < -0.4 is 16.0 Å². The summed E-state index contributed by atoms with van der Waals surface area (Å²) in [6.07, 6.45) is 7.66. The van der Waals surface area contributed by atoms with Gasteiger partial charge in [0.2, 0.25) is 17.7 Å². The van der Waals surface area contributed by atoms with Gasteiger partial charge in [-0.25, -0.2) is 9.78 Å². The van der Waals surface area contributed by atoms with Gasteiger partial charge in [-0.1, -0.05) is 18.2 Å². The van der Waals surface area contributed by atoms with Crippen molar-refractivity contribution in [2.24, 2.45) is 0 Å². The SMILES string of the molecule is O=C(O)C(Cc1cnc[nH]1)NC(=O)C1CCCN1C(=O)C(Cc1c[nH]c2ccccc12)NC(=O)C1CCCN1. The molecule has 206 valence electrons. The zero-order valence-corrected chi connectivity index (χ0v) is 21.5. The van der Waals surface area contributed by atoms with Crippen LogP contribution >= 0.6 is 0 Å². The van der Waals surface area contributed by atoms with Gasteiger partial charge in [-0.05, 0) is 43.9 Å². The number of aromatic amines is 2. The van der Waals surface area contributed by atoms with Crippen molar-refractivity contribution in [1.82, 2.24) is 35.8 Å². The molecular weight excluding hydrogens is 502 g/mol. The molecule has 4 unspecified atom stereocenters. The molecular formula is C27H33N7O5. The predicted octanol–water partition coefficient (Wildman–Crippen LogP) is 0.473. The third-order valence-electron chi connectivity index (χ3n) is 7.52. The van der Waals surface area contributed by atoms with E-state index in [-0.39, 0.29) is 30.7 Å². The second-order valence-electron chi connectivity index (χ2n) is 10.1. The van der Waals surface area contributed by atoms with E-state index in [0.717, 1.165) is 29.4 Å². The molecule has 5 rings (SSSR count). The largest absolute Gasteiger partial charge is 0.480 e. The highest BCUT2D eigenvalue weighted by molar-refractivity contribution is 5.95. The molecule has 6 N–H and O–H groups in total. The third kappa shape index (κ3) is 5.95. The van der Waals surface area contributed by atoms with Gasteiger partial charge in [-0.15, -0.1) is 0 Å². The number of likely N-dealkylation sites (tertiary alicyclic amines) is 1. The van der Waals surface area contributed by atoms with Crippen LogP contribution in [0.4, 0.5) is 0 Å². The monoisotopic (exact) mass is 535 g/mol. The molecule has 2 aromatic heterocycles. The highest BCUT2D eigenvalue weighted by atomic mass is 16.4. The topological polar surface area (TPSA) is 172 Å². The number of amides is 3. The minimum atomic E-state index is -1.18. The molecule has 3 amide bonds. The van der Waals surface area contributed by atoms with Gasteiger partial charge >= 0.3 is 5.97 Å². The average Bonchev–Trinajstić information content (AvgIpc) is 3.74. The number of carbonyl (C=O) groups excluding carboxylic acids is 3. The van der Waals surface area contributed by atoms with Crippen molar-refractivity contribution in [2.45, 2.75) is 62.7 Å². The number of fused-ring (bicyclic) bond motifs is 1. The Kier molecular flexibility index (Phi) is 7.92. The van der Waals surface area contributed by atoms with Crippen LogP contribution in [-0.4, -0.2) is 85.9 Å². The molecule has 2 aliphatic rings. The summed E-state index contributed by atoms with van der Waals surface area (Å²) < 4.78 is 0. The summed E-state index contributed by atoms with van der Waals surface area (Å²) in [6, 6.07) is 4.50. The molecule has 39 heavy (non-hydrogen) atoms. The molecule has 2 aliphatic heterocycles. The second kappa shape index (κ2) is 11.7. The van der Waals surface area contributed by atoms with Crippen molar-refractivity contribution < 1.29 is 24.3 Å². The number of carboxylic acid groups (broad SMARTS) is 1. The lowest BCUT2D eigenvalue weighted by atomic mass is 10.0. The van der Waals surface area contributed by atoms with Crippen molar-refractivity contribution in [3.8, 4) is 0 Å². The summed E-state index contributed by atoms with van der Waals surface area (Å²) in [7, 11) is 0. The number of nitrogens with one attached hydrogen (secondary N) is 5. The first-order chi connectivity index (χ1) is 18.9. The van der Waals surface area contributed by atoms with Crippen LogP contribution in [-0.2, 0) is 32.0 Å². The third-order valence-corrected chi connectivity index (χ3v) is 7.52. The van der Waals surface area contributed by atoms with E-state index in [1.807, 2.05) is 30.5 Å². The van der Waals surface area contributed by atoms with Gasteiger partial charge in [0.05, 0.1) is 12.4 Å². The maximum atomic E-state index is 13.9. The lowest BCUT2D eigenvalue weighted by Crippen LogP contribution is -2.57. The van der Waals surface area contributed by atoms with Crippen LogP contribution in [0.2, 0.25) is 0 Å². The molecule has 0 radical (unpaired) electrons. The summed E-state index contributed by atoms with van der Waals surface area (Å²) in [5, 5.41) is 19.3. The number of hydrogen-bond donors (Lipinski definition) is 6. The summed E-state index contributed by atoms with van der Waals surface area (Å²) in [4.78, 5) is 63.5. The number of nitrogens with zero attached hydrogens (tertiary/aromatic N) is 2. The first-order valence-electron chi connectivity index (χ1n) is 13.3. The summed E-state index contributed by atoms with van der Waals surface area (Å²) in [6.45, 7) is 1.09. The maximum absolute atomic E-state index is 13.9. The van der Waals surface area contributed by atoms with Crippen LogP contribution in [0.1, 0.15) is 36.9 Å². The normalized spacial score (nSPS) is 20.6. The smallest absolute Gasteiger partial charge is 0.326 e. The standard InChI is InChI=1S/C27H33N7O5/c35-24(20-7-3-9-29-20)32-21(11-16-13-30-19-6-2-1-5-18(16)19)26(37)34-10-4-8-23(34)25(36)33-22(27(38)39)12-17-14-28-15-31-17/h1-2,5-6,13-15,20-23,29-30H,3-4,7-12H2,(H,28,31)(H,32,35)(H,33,36)(H,38,39). The average molecular weight is 536 g/mol. The molecule has 0 spiro atoms. The number of benzene rings is 1. The highest BCUT2D eigenvalue weighted by Gasteiger charge is 2.39. The van der Waals surface area contributed by atoms with Crippen LogP contribution in [0.25, 0.3) is 10.9 Å². The van der Waals surface area contributed by atoms with Gasteiger partial charge in [0.15, 0.2) is 0 Å². The molecule has 12 heteroatoms. The van der Waals surface area contributed by atoms with E-state index in [1.54, 1.807) is 0 Å². The van der Waals surface area contributed by atoms with Crippen molar-refractivity contribution in [3.05, 3.63) is 54.2 Å². The molecule has 0 aliphatic carbocycles. The predicted molar refractivity (Wildman–Crippen MR) is 142 cm³/mol. The number of aromatic nitrogens is 3. The van der Waals surface area contributed by atoms with E-state index < -0.39 is 30.0 Å². The molecule has 4 heterocycles. The number of rotatable bonds is 10.